The summed E-state index contributed by atoms with van der Waals surface area (Å²) in [5.41, 5.74) is 2.09. The highest BCUT2D eigenvalue weighted by atomic mass is 16.5. The van der Waals surface area contributed by atoms with E-state index in [-0.39, 0.29) is 6.61 Å². The van der Waals surface area contributed by atoms with Crippen molar-refractivity contribution in [3.63, 3.8) is 0 Å². The summed E-state index contributed by atoms with van der Waals surface area (Å²) >= 11 is 0. The fourth-order valence-corrected chi connectivity index (χ4v) is 2.60. The lowest BCUT2D eigenvalue weighted by molar-refractivity contribution is 0.106. The van der Waals surface area contributed by atoms with E-state index in [9.17, 15) is 5.11 Å². The summed E-state index contributed by atoms with van der Waals surface area (Å²) in [5, 5.41) is 13.3. The zero-order valence-electron chi connectivity index (χ0n) is 16.3. The molecular formula is C22H27NO5. The molecule has 0 aliphatic heterocycles. The van der Waals surface area contributed by atoms with Gasteiger partial charge >= 0.3 is 0 Å². The minimum absolute atomic E-state index is 0.212. The molecule has 0 saturated carbocycles. The lowest BCUT2D eigenvalue weighted by Gasteiger charge is -2.14. The molecule has 2 N–H and O–H groups in total. The van der Waals surface area contributed by atoms with Gasteiger partial charge in [0, 0.05) is 6.54 Å². The standard InChI is InChI=1S/C22H27NO5/c1-4-27-15-18-5-8-20(9-6-18)28-16-19(24)14-23-12-11-17-7-10-21(25-2)22(13-17)26-3/h1,5-10,13,19,23-24H,11-12,14-16H2,2-3H3. The van der Waals surface area contributed by atoms with Crippen molar-refractivity contribution >= 4 is 0 Å². The van der Waals surface area contributed by atoms with Gasteiger partial charge in [0.05, 0.1) is 14.2 Å². The van der Waals surface area contributed by atoms with Crippen LogP contribution in [0.1, 0.15) is 11.1 Å². The normalized spacial score (nSPS) is 11.4. The van der Waals surface area contributed by atoms with Gasteiger partial charge in [0.25, 0.3) is 0 Å². The Morgan fingerprint density at radius 2 is 1.75 bits per heavy atom. The molecule has 2 aromatic rings. The fraction of sp³-hybridized carbons (Fsp3) is 0.364. The first-order valence-electron chi connectivity index (χ1n) is 9.05. The third-order valence-electron chi connectivity index (χ3n) is 4.11. The third-order valence-corrected chi connectivity index (χ3v) is 4.11. The Hall–Kier alpha value is -2.88. The second-order valence-corrected chi connectivity index (χ2v) is 6.16. The summed E-state index contributed by atoms with van der Waals surface area (Å²) in [6, 6.07) is 13.2. The van der Waals surface area contributed by atoms with E-state index in [1.165, 1.54) is 0 Å². The first kappa shape index (κ1) is 21.4. The zero-order valence-corrected chi connectivity index (χ0v) is 16.3. The van der Waals surface area contributed by atoms with Crippen molar-refractivity contribution in [2.24, 2.45) is 0 Å². The van der Waals surface area contributed by atoms with E-state index < -0.39 is 6.10 Å². The molecule has 2 aromatic carbocycles. The summed E-state index contributed by atoms with van der Waals surface area (Å²) in [7, 11) is 3.24. The Labute approximate surface area is 166 Å². The molecule has 0 aliphatic carbocycles. The monoisotopic (exact) mass is 385 g/mol. The van der Waals surface area contributed by atoms with E-state index in [0.717, 1.165) is 24.1 Å². The van der Waals surface area contributed by atoms with Gasteiger partial charge in [-0.1, -0.05) is 24.6 Å². The van der Waals surface area contributed by atoms with Crippen molar-refractivity contribution in [2.45, 2.75) is 19.1 Å². The van der Waals surface area contributed by atoms with E-state index >= 15 is 0 Å². The van der Waals surface area contributed by atoms with E-state index in [1.54, 1.807) is 14.2 Å². The van der Waals surface area contributed by atoms with Gasteiger partial charge in [-0.3, -0.25) is 0 Å². The molecule has 2 rings (SSSR count). The van der Waals surface area contributed by atoms with Crippen LogP contribution >= 0.6 is 0 Å². The van der Waals surface area contributed by atoms with Crippen LogP contribution < -0.4 is 19.5 Å². The van der Waals surface area contributed by atoms with Crippen LogP contribution in [0.2, 0.25) is 0 Å². The average Bonchev–Trinajstić information content (AvgIpc) is 2.74. The van der Waals surface area contributed by atoms with Gasteiger partial charge in [0.1, 0.15) is 31.2 Å². The second-order valence-electron chi connectivity index (χ2n) is 6.16. The molecular weight excluding hydrogens is 358 g/mol. The van der Waals surface area contributed by atoms with E-state index in [2.05, 4.69) is 11.4 Å². The van der Waals surface area contributed by atoms with Crippen LogP contribution in [0.25, 0.3) is 0 Å². The molecule has 150 valence electrons. The number of benzene rings is 2. The van der Waals surface area contributed by atoms with Crippen LogP contribution in [-0.4, -0.2) is 45.1 Å². The minimum atomic E-state index is -0.602. The number of ether oxygens (including phenoxy) is 4. The van der Waals surface area contributed by atoms with Crippen LogP contribution in [0.4, 0.5) is 0 Å². The molecule has 1 atom stereocenters. The molecule has 6 heteroatoms. The Morgan fingerprint density at radius 1 is 1.04 bits per heavy atom. The van der Waals surface area contributed by atoms with E-state index in [1.807, 2.05) is 42.5 Å². The summed E-state index contributed by atoms with van der Waals surface area (Å²) in [5.74, 6) is 2.11. The molecule has 0 heterocycles. The summed E-state index contributed by atoms with van der Waals surface area (Å²) in [6.45, 7) is 1.75. The van der Waals surface area contributed by atoms with Crippen molar-refractivity contribution in [1.82, 2.24) is 5.32 Å². The number of terminal acetylenes is 1. The second kappa shape index (κ2) is 11.8. The van der Waals surface area contributed by atoms with Crippen LogP contribution in [0.15, 0.2) is 42.5 Å². The maximum Gasteiger partial charge on any atom is 0.160 e. The number of rotatable bonds is 12. The van der Waals surface area contributed by atoms with E-state index in [4.69, 9.17) is 25.4 Å². The predicted molar refractivity (Wildman–Crippen MR) is 108 cm³/mol. The first-order valence-corrected chi connectivity index (χ1v) is 9.05. The maximum absolute atomic E-state index is 10.1. The summed E-state index contributed by atoms with van der Waals surface area (Å²) in [4.78, 5) is 0. The van der Waals surface area contributed by atoms with Gasteiger partial charge in [0.15, 0.2) is 11.5 Å². The predicted octanol–water partition coefficient (Wildman–Crippen LogP) is 2.38. The summed E-state index contributed by atoms with van der Waals surface area (Å²) < 4.78 is 21.0. The largest absolute Gasteiger partial charge is 0.493 e. The smallest absolute Gasteiger partial charge is 0.160 e. The molecule has 0 radical (unpaired) electrons. The molecule has 0 aromatic heterocycles. The molecule has 6 nitrogen and oxygen atoms in total. The quantitative estimate of drug-likeness (QED) is 0.432. The topological polar surface area (TPSA) is 69.2 Å². The van der Waals surface area contributed by atoms with Crippen molar-refractivity contribution in [3.8, 4) is 29.8 Å². The van der Waals surface area contributed by atoms with Gasteiger partial charge in [0.2, 0.25) is 0 Å². The Morgan fingerprint density at radius 3 is 2.43 bits per heavy atom. The van der Waals surface area contributed by atoms with Crippen molar-refractivity contribution in [1.29, 1.82) is 0 Å². The Bertz CT molecular complexity index is 755. The average molecular weight is 385 g/mol. The first-order chi connectivity index (χ1) is 13.7. The summed E-state index contributed by atoms with van der Waals surface area (Å²) in [6.07, 6.45) is 7.40. The van der Waals surface area contributed by atoms with Gasteiger partial charge in [-0.15, -0.1) is 0 Å². The maximum atomic E-state index is 10.1. The molecule has 0 amide bonds. The highest BCUT2D eigenvalue weighted by molar-refractivity contribution is 5.42. The lowest BCUT2D eigenvalue weighted by Crippen LogP contribution is -2.32. The van der Waals surface area contributed by atoms with Crippen molar-refractivity contribution in [2.75, 3.05) is 33.9 Å². The Kier molecular flexibility index (Phi) is 8.99. The molecule has 28 heavy (non-hydrogen) atoms. The number of aliphatic hydroxyl groups excluding tert-OH is 1. The highest BCUT2D eigenvalue weighted by Gasteiger charge is 2.07. The molecule has 0 saturated heterocycles. The number of nitrogens with one attached hydrogen (secondary N) is 1. The van der Waals surface area contributed by atoms with Crippen LogP contribution in [0.3, 0.4) is 0 Å². The number of hydrogen-bond acceptors (Lipinski definition) is 6. The number of aliphatic hydroxyl groups is 1. The zero-order chi connectivity index (χ0) is 20.2. The number of hydrogen-bond donors (Lipinski definition) is 2. The van der Waals surface area contributed by atoms with Crippen LogP contribution in [-0.2, 0) is 17.8 Å². The SMILES string of the molecule is C#COCc1ccc(OCC(O)CNCCc2ccc(OC)c(OC)c2)cc1. The van der Waals surface area contributed by atoms with Crippen molar-refractivity contribution < 1.29 is 24.1 Å². The number of methoxy groups -OCH3 is 2. The lowest BCUT2D eigenvalue weighted by atomic mass is 10.1. The molecule has 0 aliphatic rings. The fourth-order valence-electron chi connectivity index (χ4n) is 2.60. The Balaban J connectivity index is 1.66. The van der Waals surface area contributed by atoms with Gasteiger partial charge in [-0.2, -0.15) is 0 Å². The molecule has 0 fully saturated rings. The minimum Gasteiger partial charge on any atom is -0.493 e. The third kappa shape index (κ3) is 7.03. The van der Waals surface area contributed by atoms with Gasteiger partial charge in [-0.25, -0.2) is 0 Å². The van der Waals surface area contributed by atoms with Gasteiger partial charge in [-0.05, 0) is 48.4 Å². The molecule has 0 spiro atoms. The highest BCUT2D eigenvalue weighted by Crippen LogP contribution is 2.27. The van der Waals surface area contributed by atoms with E-state index in [0.29, 0.717) is 30.4 Å². The molecule has 1 unspecified atom stereocenters. The van der Waals surface area contributed by atoms with Crippen molar-refractivity contribution in [3.05, 3.63) is 53.6 Å². The van der Waals surface area contributed by atoms with Crippen LogP contribution in [0, 0.1) is 12.5 Å². The van der Waals surface area contributed by atoms with Gasteiger partial charge < -0.3 is 29.4 Å². The molecule has 0 bridgehead atoms. The van der Waals surface area contributed by atoms with Crippen LogP contribution in [0.5, 0.6) is 17.2 Å².